The first-order valence-electron chi connectivity index (χ1n) is 6.02. The van der Waals surface area contributed by atoms with Gasteiger partial charge in [-0.2, -0.15) is 4.98 Å². The molecule has 0 unspecified atom stereocenters. The SMILES string of the molecule is CCN(C)C(=O)CNc1nc(N)nc2sc(C)cc12. The van der Waals surface area contributed by atoms with Crippen LogP contribution >= 0.6 is 11.3 Å². The van der Waals surface area contributed by atoms with Crippen molar-refractivity contribution in [3.05, 3.63) is 10.9 Å². The average Bonchev–Trinajstić information content (AvgIpc) is 2.74. The lowest BCUT2D eigenvalue weighted by molar-refractivity contribution is -0.127. The Labute approximate surface area is 115 Å². The first-order valence-corrected chi connectivity index (χ1v) is 6.84. The quantitative estimate of drug-likeness (QED) is 0.885. The number of hydrogen-bond donors (Lipinski definition) is 2. The van der Waals surface area contributed by atoms with Crippen molar-refractivity contribution in [3.8, 4) is 0 Å². The lowest BCUT2D eigenvalue weighted by Crippen LogP contribution is -2.32. The van der Waals surface area contributed by atoms with Crippen LogP contribution in [0.1, 0.15) is 11.8 Å². The highest BCUT2D eigenvalue weighted by Crippen LogP contribution is 2.28. The number of nitrogens with two attached hydrogens (primary N) is 1. The predicted molar refractivity (Wildman–Crippen MR) is 78.4 cm³/mol. The van der Waals surface area contributed by atoms with Crippen LogP contribution in [0.3, 0.4) is 0 Å². The summed E-state index contributed by atoms with van der Waals surface area (Å²) in [6, 6.07) is 2.00. The van der Waals surface area contributed by atoms with Gasteiger partial charge in [-0.1, -0.05) is 0 Å². The van der Waals surface area contributed by atoms with Gasteiger partial charge in [0.25, 0.3) is 0 Å². The maximum absolute atomic E-state index is 11.8. The fourth-order valence-corrected chi connectivity index (χ4v) is 2.55. The van der Waals surface area contributed by atoms with Crippen LogP contribution < -0.4 is 11.1 Å². The third-order valence-electron chi connectivity index (χ3n) is 2.84. The molecule has 0 aliphatic carbocycles. The number of nitrogens with one attached hydrogen (secondary N) is 1. The van der Waals surface area contributed by atoms with Crippen LogP contribution in [-0.4, -0.2) is 40.9 Å². The lowest BCUT2D eigenvalue weighted by atomic mass is 10.3. The molecule has 19 heavy (non-hydrogen) atoms. The molecule has 0 saturated heterocycles. The number of nitrogen functional groups attached to an aromatic ring is 1. The standard InChI is InChI=1S/C12H17N5OS/c1-4-17(3)9(18)6-14-10-8-5-7(2)19-11(8)16-12(13)15-10/h5H,4,6H2,1-3H3,(H3,13,14,15,16). The molecule has 2 aromatic heterocycles. The summed E-state index contributed by atoms with van der Waals surface area (Å²) in [5, 5.41) is 3.95. The molecule has 0 atom stereocenters. The van der Waals surface area contributed by atoms with E-state index in [1.54, 1.807) is 23.3 Å². The van der Waals surface area contributed by atoms with Gasteiger partial charge in [-0.15, -0.1) is 11.3 Å². The molecular formula is C12H17N5OS. The molecule has 7 heteroatoms. The van der Waals surface area contributed by atoms with Crippen molar-refractivity contribution in [1.82, 2.24) is 14.9 Å². The zero-order valence-corrected chi connectivity index (χ0v) is 12.0. The summed E-state index contributed by atoms with van der Waals surface area (Å²) in [6.45, 7) is 4.81. The third kappa shape index (κ3) is 2.93. The topological polar surface area (TPSA) is 84.1 Å². The van der Waals surface area contributed by atoms with Crippen LogP contribution in [0, 0.1) is 6.92 Å². The molecule has 1 amide bonds. The smallest absolute Gasteiger partial charge is 0.241 e. The summed E-state index contributed by atoms with van der Waals surface area (Å²) in [7, 11) is 1.77. The molecule has 0 fully saturated rings. The Hall–Kier alpha value is -1.89. The van der Waals surface area contributed by atoms with Gasteiger partial charge in [0, 0.05) is 18.5 Å². The van der Waals surface area contributed by atoms with E-state index in [0.29, 0.717) is 12.4 Å². The van der Waals surface area contributed by atoms with Crippen molar-refractivity contribution in [2.45, 2.75) is 13.8 Å². The number of thiophene rings is 1. The van der Waals surface area contributed by atoms with E-state index < -0.39 is 0 Å². The van der Waals surface area contributed by atoms with Crippen LogP contribution in [0.4, 0.5) is 11.8 Å². The molecule has 102 valence electrons. The van der Waals surface area contributed by atoms with Crippen molar-refractivity contribution in [2.24, 2.45) is 0 Å². The Bertz CT molecular complexity index is 609. The number of likely N-dealkylation sites (N-methyl/N-ethyl adjacent to an activating group) is 1. The average molecular weight is 279 g/mol. The largest absolute Gasteiger partial charge is 0.368 e. The normalized spacial score (nSPS) is 10.7. The van der Waals surface area contributed by atoms with E-state index in [4.69, 9.17) is 5.73 Å². The number of anilines is 2. The predicted octanol–water partition coefficient (Wildman–Crippen LogP) is 1.47. The van der Waals surface area contributed by atoms with E-state index in [2.05, 4.69) is 15.3 Å². The maximum atomic E-state index is 11.8. The first-order chi connectivity index (χ1) is 9.01. The molecular weight excluding hydrogens is 262 g/mol. The van der Waals surface area contributed by atoms with Gasteiger partial charge in [-0.25, -0.2) is 4.98 Å². The van der Waals surface area contributed by atoms with Gasteiger partial charge in [0.2, 0.25) is 11.9 Å². The molecule has 0 radical (unpaired) electrons. The van der Waals surface area contributed by atoms with Gasteiger partial charge in [0.15, 0.2) is 0 Å². The monoisotopic (exact) mass is 279 g/mol. The number of nitrogens with zero attached hydrogens (tertiary/aromatic N) is 3. The van der Waals surface area contributed by atoms with Gasteiger partial charge in [0.05, 0.1) is 11.9 Å². The number of fused-ring (bicyclic) bond motifs is 1. The highest BCUT2D eigenvalue weighted by molar-refractivity contribution is 7.18. The molecule has 0 bridgehead atoms. The van der Waals surface area contributed by atoms with E-state index >= 15 is 0 Å². The molecule has 2 aromatic rings. The molecule has 0 aliphatic heterocycles. The van der Waals surface area contributed by atoms with Crippen molar-refractivity contribution >= 4 is 39.2 Å². The molecule has 2 heterocycles. The summed E-state index contributed by atoms with van der Waals surface area (Å²) < 4.78 is 0. The summed E-state index contributed by atoms with van der Waals surface area (Å²) in [6.07, 6.45) is 0. The molecule has 0 spiro atoms. The Morgan fingerprint density at radius 2 is 2.26 bits per heavy atom. The number of aryl methyl sites for hydroxylation is 1. The van der Waals surface area contributed by atoms with Gasteiger partial charge in [-0.3, -0.25) is 4.79 Å². The number of carbonyl (C=O) groups is 1. The minimum Gasteiger partial charge on any atom is -0.368 e. The van der Waals surface area contributed by atoms with Crippen molar-refractivity contribution in [3.63, 3.8) is 0 Å². The van der Waals surface area contributed by atoms with Crippen molar-refractivity contribution in [2.75, 3.05) is 31.2 Å². The summed E-state index contributed by atoms with van der Waals surface area (Å²) >= 11 is 1.56. The molecule has 2 rings (SSSR count). The van der Waals surface area contributed by atoms with Gasteiger partial charge in [0.1, 0.15) is 10.6 Å². The summed E-state index contributed by atoms with van der Waals surface area (Å²) in [5.74, 6) is 0.845. The number of hydrogen-bond acceptors (Lipinski definition) is 6. The van der Waals surface area contributed by atoms with Crippen molar-refractivity contribution in [1.29, 1.82) is 0 Å². The highest BCUT2D eigenvalue weighted by Gasteiger charge is 2.11. The minimum absolute atomic E-state index is 0.0137. The Kier molecular flexibility index (Phi) is 3.84. The van der Waals surface area contributed by atoms with Crippen LogP contribution in [0.2, 0.25) is 0 Å². The van der Waals surface area contributed by atoms with E-state index in [-0.39, 0.29) is 18.4 Å². The second kappa shape index (κ2) is 5.40. The Morgan fingerprint density at radius 1 is 1.53 bits per heavy atom. The maximum Gasteiger partial charge on any atom is 0.241 e. The van der Waals surface area contributed by atoms with Crippen LogP contribution in [0.25, 0.3) is 10.2 Å². The number of rotatable bonds is 4. The zero-order chi connectivity index (χ0) is 14.0. The molecule has 0 saturated carbocycles. The molecule has 0 aromatic carbocycles. The van der Waals surface area contributed by atoms with E-state index in [0.717, 1.165) is 15.1 Å². The van der Waals surface area contributed by atoms with Crippen LogP contribution in [-0.2, 0) is 4.79 Å². The van der Waals surface area contributed by atoms with Crippen molar-refractivity contribution < 1.29 is 4.79 Å². The van der Waals surface area contributed by atoms with Gasteiger partial charge in [-0.05, 0) is 19.9 Å². The van der Waals surface area contributed by atoms with E-state index in [9.17, 15) is 4.79 Å². The zero-order valence-electron chi connectivity index (χ0n) is 11.2. The molecule has 6 nitrogen and oxygen atoms in total. The lowest BCUT2D eigenvalue weighted by Gasteiger charge is -2.15. The summed E-state index contributed by atoms with van der Waals surface area (Å²) in [5.41, 5.74) is 5.68. The first kappa shape index (κ1) is 13.5. The molecule has 3 N–H and O–H groups in total. The second-order valence-electron chi connectivity index (χ2n) is 4.27. The Balaban J connectivity index is 2.22. The molecule has 0 aliphatic rings. The van der Waals surface area contributed by atoms with E-state index in [1.165, 1.54) is 0 Å². The Morgan fingerprint density at radius 3 is 2.95 bits per heavy atom. The fraction of sp³-hybridized carbons (Fsp3) is 0.417. The van der Waals surface area contributed by atoms with Gasteiger partial charge < -0.3 is 16.0 Å². The van der Waals surface area contributed by atoms with Gasteiger partial charge >= 0.3 is 0 Å². The number of amides is 1. The second-order valence-corrected chi connectivity index (χ2v) is 5.50. The minimum atomic E-state index is 0.0137. The number of aromatic nitrogens is 2. The summed E-state index contributed by atoms with van der Waals surface area (Å²) in [4.78, 5) is 23.7. The third-order valence-corrected chi connectivity index (χ3v) is 3.78. The number of carbonyl (C=O) groups excluding carboxylic acids is 1. The van der Waals surface area contributed by atoms with Crippen LogP contribution in [0.15, 0.2) is 6.07 Å². The fourth-order valence-electron chi connectivity index (χ4n) is 1.66. The highest BCUT2D eigenvalue weighted by atomic mass is 32.1. The van der Waals surface area contributed by atoms with Crippen LogP contribution in [0.5, 0.6) is 0 Å². The van der Waals surface area contributed by atoms with E-state index in [1.807, 2.05) is 19.9 Å².